The fourth-order valence-electron chi connectivity index (χ4n) is 1.78. The summed E-state index contributed by atoms with van der Waals surface area (Å²) in [7, 11) is 1.52. The highest BCUT2D eigenvalue weighted by molar-refractivity contribution is 6.30. The molecule has 0 saturated carbocycles. The van der Waals surface area contributed by atoms with E-state index in [0.717, 1.165) is 0 Å². The molecule has 0 fully saturated rings. The van der Waals surface area contributed by atoms with Crippen molar-refractivity contribution in [2.45, 2.75) is 0 Å². The first-order valence-electron chi connectivity index (χ1n) is 5.73. The predicted molar refractivity (Wildman–Crippen MR) is 77.2 cm³/mol. The van der Waals surface area contributed by atoms with Gasteiger partial charge in [0.2, 0.25) is 0 Å². The number of anilines is 2. The van der Waals surface area contributed by atoms with Crippen LogP contribution in [0.5, 0.6) is 5.75 Å². The summed E-state index contributed by atoms with van der Waals surface area (Å²) in [5.41, 5.74) is 1.90. The smallest absolute Gasteiger partial charge is 0.143 e. The van der Waals surface area contributed by atoms with Gasteiger partial charge in [0.15, 0.2) is 0 Å². The van der Waals surface area contributed by atoms with Crippen molar-refractivity contribution in [1.29, 1.82) is 10.5 Å². The van der Waals surface area contributed by atoms with Crippen LogP contribution in [0.15, 0.2) is 36.4 Å². The minimum atomic E-state index is 0.424. The highest BCUT2D eigenvalue weighted by Crippen LogP contribution is 2.33. The van der Waals surface area contributed by atoms with Gasteiger partial charge in [-0.15, -0.1) is 0 Å². The van der Waals surface area contributed by atoms with E-state index in [1.807, 2.05) is 0 Å². The molecule has 0 atom stereocenters. The maximum absolute atomic E-state index is 9.16. The Morgan fingerprint density at radius 3 is 2.50 bits per heavy atom. The second kappa shape index (κ2) is 5.97. The van der Waals surface area contributed by atoms with Crippen LogP contribution in [0.4, 0.5) is 11.4 Å². The Labute approximate surface area is 121 Å². The van der Waals surface area contributed by atoms with E-state index in [9.17, 15) is 0 Å². The van der Waals surface area contributed by atoms with Crippen molar-refractivity contribution in [3.05, 3.63) is 52.5 Å². The average Bonchev–Trinajstić information content (AvgIpc) is 2.47. The number of hydrogen-bond acceptors (Lipinski definition) is 4. The Kier molecular flexibility index (Phi) is 4.10. The Balaban J connectivity index is 2.53. The molecular formula is C15H10ClN3O. The molecule has 0 aliphatic rings. The lowest BCUT2D eigenvalue weighted by Crippen LogP contribution is -1.99. The minimum absolute atomic E-state index is 0.424. The number of para-hydroxylation sites is 1. The zero-order valence-corrected chi connectivity index (χ0v) is 11.4. The lowest BCUT2D eigenvalue weighted by molar-refractivity contribution is 0.416. The standard InChI is InChI=1S/C15H10ClN3O/c1-20-14-4-2-3-11(9-18)15(14)19-13-7-12(16)6-5-10(13)8-17/h2-7,19H,1H3. The summed E-state index contributed by atoms with van der Waals surface area (Å²) in [6.45, 7) is 0. The molecule has 0 saturated heterocycles. The second-order valence-corrected chi connectivity index (χ2v) is 4.36. The molecule has 2 aromatic carbocycles. The lowest BCUT2D eigenvalue weighted by atomic mass is 10.1. The summed E-state index contributed by atoms with van der Waals surface area (Å²) < 4.78 is 5.23. The van der Waals surface area contributed by atoms with Crippen molar-refractivity contribution in [2.75, 3.05) is 12.4 Å². The third-order valence-corrected chi connectivity index (χ3v) is 2.96. The molecule has 0 heterocycles. The van der Waals surface area contributed by atoms with E-state index in [0.29, 0.717) is 33.3 Å². The van der Waals surface area contributed by atoms with Gasteiger partial charge in [0.1, 0.15) is 17.9 Å². The molecule has 98 valence electrons. The Bertz CT molecular complexity index is 729. The van der Waals surface area contributed by atoms with Crippen molar-refractivity contribution in [3.8, 4) is 17.9 Å². The van der Waals surface area contributed by atoms with Gasteiger partial charge in [-0.1, -0.05) is 17.7 Å². The summed E-state index contributed by atoms with van der Waals surface area (Å²) in [6, 6.07) is 14.2. The molecule has 0 unspecified atom stereocenters. The van der Waals surface area contributed by atoms with Crippen molar-refractivity contribution in [2.24, 2.45) is 0 Å². The van der Waals surface area contributed by atoms with Crippen LogP contribution in [0, 0.1) is 22.7 Å². The molecule has 0 amide bonds. The maximum Gasteiger partial charge on any atom is 0.143 e. The predicted octanol–water partition coefficient (Wildman–Crippen LogP) is 3.84. The van der Waals surface area contributed by atoms with E-state index in [4.69, 9.17) is 26.9 Å². The highest BCUT2D eigenvalue weighted by atomic mass is 35.5. The van der Waals surface area contributed by atoms with Crippen molar-refractivity contribution in [1.82, 2.24) is 0 Å². The Morgan fingerprint density at radius 1 is 1.10 bits per heavy atom. The van der Waals surface area contributed by atoms with Crippen LogP contribution in [-0.2, 0) is 0 Å². The van der Waals surface area contributed by atoms with E-state index in [1.54, 1.807) is 36.4 Å². The topological polar surface area (TPSA) is 68.8 Å². The molecule has 2 aromatic rings. The number of nitriles is 2. The summed E-state index contributed by atoms with van der Waals surface area (Å²) in [5, 5.41) is 21.8. The van der Waals surface area contributed by atoms with Crippen molar-refractivity contribution < 1.29 is 4.74 Å². The molecule has 0 aliphatic heterocycles. The zero-order valence-electron chi connectivity index (χ0n) is 10.6. The Hall–Kier alpha value is -2.69. The van der Waals surface area contributed by atoms with Crippen LogP contribution in [0.3, 0.4) is 0 Å². The maximum atomic E-state index is 9.16. The summed E-state index contributed by atoms with van der Waals surface area (Å²) in [5.74, 6) is 0.521. The van der Waals surface area contributed by atoms with Gasteiger partial charge in [-0.25, -0.2) is 0 Å². The summed E-state index contributed by atoms with van der Waals surface area (Å²) >= 11 is 5.94. The first-order valence-corrected chi connectivity index (χ1v) is 6.11. The first-order chi connectivity index (χ1) is 9.69. The van der Waals surface area contributed by atoms with E-state index < -0.39 is 0 Å². The van der Waals surface area contributed by atoms with Gasteiger partial charge in [-0.3, -0.25) is 0 Å². The van der Waals surface area contributed by atoms with E-state index in [-0.39, 0.29) is 0 Å². The van der Waals surface area contributed by atoms with Crippen molar-refractivity contribution in [3.63, 3.8) is 0 Å². The van der Waals surface area contributed by atoms with Crippen LogP contribution in [0.1, 0.15) is 11.1 Å². The molecule has 0 spiro atoms. The van der Waals surface area contributed by atoms with Crippen LogP contribution in [0.2, 0.25) is 5.02 Å². The average molecular weight is 284 g/mol. The number of methoxy groups -OCH3 is 1. The SMILES string of the molecule is COc1cccc(C#N)c1Nc1cc(Cl)ccc1C#N. The van der Waals surface area contributed by atoms with Gasteiger partial charge in [-0.05, 0) is 30.3 Å². The quantitative estimate of drug-likeness (QED) is 0.929. The molecule has 20 heavy (non-hydrogen) atoms. The molecular weight excluding hydrogens is 274 g/mol. The number of nitrogens with one attached hydrogen (secondary N) is 1. The van der Waals surface area contributed by atoms with E-state index in [1.165, 1.54) is 7.11 Å². The third-order valence-electron chi connectivity index (χ3n) is 2.73. The van der Waals surface area contributed by atoms with Crippen LogP contribution in [-0.4, -0.2) is 7.11 Å². The number of halogens is 1. The van der Waals surface area contributed by atoms with Crippen LogP contribution < -0.4 is 10.1 Å². The molecule has 2 rings (SSSR count). The van der Waals surface area contributed by atoms with Gasteiger partial charge in [0.05, 0.1) is 29.6 Å². The summed E-state index contributed by atoms with van der Waals surface area (Å²) in [4.78, 5) is 0. The third kappa shape index (κ3) is 2.66. The largest absolute Gasteiger partial charge is 0.495 e. The van der Waals surface area contributed by atoms with E-state index in [2.05, 4.69) is 17.5 Å². The highest BCUT2D eigenvalue weighted by Gasteiger charge is 2.11. The van der Waals surface area contributed by atoms with Crippen LogP contribution >= 0.6 is 11.6 Å². The number of ether oxygens (including phenoxy) is 1. The lowest BCUT2D eigenvalue weighted by Gasteiger charge is -2.13. The first kappa shape index (κ1) is 13.7. The van der Waals surface area contributed by atoms with Gasteiger partial charge in [0.25, 0.3) is 0 Å². The zero-order chi connectivity index (χ0) is 14.5. The molecule has 1 N–H and O–H groups in total. The summed E-state index contributed by atoms with van der Waals surface area (Å²) in [6.07, 6.45) is 0. The molecule has 4 nitrogen and oxygen atoms in total. The molecule has 5 heteroatoms. The normalized spacial score (nSPS) is 9.40. The molecule has 0 bridgehead atoms. The second-order valence-electron chi connectivity index (χ2n) is 3.92. The van der Waals surface area contributed by atoms with E-state index >= 15 is 0 Å². The number of hydrogen-bond donors (Lipinski definition) is 1. The Morgan fingerprint density at radius 2 is 1.85 bits per heavy atom. The minimum Gasteiger partial charge on any atom is -0.495 e. The fourth-order valence-corrected chi connectivity index (χ4v) is 1.95. The number of nitrogens with zero attached hydrogens (tertiary/aromatic N) is 2. The monoisotopic (exact) mass is 283 g/mol. The van der Waals surface area contributed by atoms with Gasteiger partial charge in [-0.2, -0.15) is 10.5 Å². The molecule has 0 aliphatic carbocycles. The van der Waals surface area contributed by atoms with Gasteiger partial charge in [0, 0.05) is 5.02 Å². The van der Waals surface area contributed by atoms with Gasteiger partial charge >= 0.3 is 0 Å². The molecule has 0 radical (unpaired) electrons. The van der Waals surface area contributed by atoms with Crippen molar-refractivity contribution >= 4 is 23.0 Å². The molecule has 0 aromatic heterocycles. The number of rotatable bonds is 3. The fraction of sp³-hybridized carbons (Fsp3) is 0.0667. The van der Waals surface area contributed by atoms with Gasteiger partial charge < -0.3 is 10.1 Å². The van der Waals surface area contributed by atoms with Crippen LogP contribution in [0.25, 0.3) is 0 Å². The number of benzene rings is 2.